The van der Waals surface area contributed by atoms with Crippen LogP contribution in [0.15, 0.2) is 84.9 Å². The Hall–Kier alpha value is -2.78. The van der Waals surface area contributed by atoms with Crippen molar-refractivity contribution in [3.8, 4) is 5.75 Å². The van der Waals surface area contributed by atoms with Crippen molar-refractivity contribution in [3.05, 3.63) is 96.1 Å². The third-order valence-electron chi connectivity index (χ3n) is 4.24. The molecule has 0 amide bonds. The summed E-state index contributed by atoms with van der Waals surface area (Å²) in [7, 11) is 1.67. The van der Waals surface area contributed by atoms with Crippen LogP contribution in [0.3, 0.4) is 0 Å². The number of nitrogens with two attached hydrogens (primary N) is 1. The molecule has 0 bridgehead atoms. The monoisotopic (exact) mass is 318 g/mol. The van der Waals surface area contributed by atoms with Gasteiger partial charge >= 0.3 is 0 Å². The van der Waals surface area contributed by atoms with Crippen LogP contribution in [0.2, 0.25) is 0 Å². The summed E-state index contributed by atoms with van der Waals surface area (Å²) in [6.07, 6.45) is 0. The molecule has 0 saturated heterocycles. The minimum absolute atomic E-state index is 0.591. The standard InChI is InChI=1S/C21H22N2O/c1-24-20-14-12-18(13-15-20)21(22,17-8-4-2-5-9-17)16-23-19-10-6-3-7-11-19/h2-15,23H,16,22H2,1H3. The molecule has 0 heterocycles. The van der Waals surface area contributed by atoms with Gasteiger partial charge in [-0.3, -0.25) is 0 Å². The van der Waals surface area contributed by atoms with E-state index in [0.29, 0.717) is 6.54 Å². The second-order valence-corrected chi connectivity index (χ2v) is 5.79. The Morgan fingerprint density at radius 1 is 0.792 bits per heavy atom. The second kappa shape index (κ2) is 7.20. The van der Waals surface area contributed by atoms with Gasteiger partial charge in [0, 0.05) is 12.2 Å². The van der Waals surface area contributed by atoms with Crippen LogP contribution in [-0.2, 0) is 5.54 Å². The van der Waals surface area contributed by atoms with Gasteiger partial charge in [0.25, 0.3) is 0 Å². The molecule has 3 nitrogen and oxygen atoms in total. The lowest BCUT2D eigenvalue weighted by atomic mass is 9.83. The van der Waals surface area contributed by atoms with Crippen molar-refractivity contribution in [2.24, 2.45) is 5.73 Å². The number of anilines is 1. The van der Waals surface area contributed by atoms with Gasteiger partial charge in [-0.2, -0.15) is 0 Å². The van der Waals surface area contributed by atoms with Crippen LogP contribution in [0.25, 0.3) is 0 Å². The number of ether oxygens (including phenoxy) is 1. The fourth-order valence-corrected chi connectivity index (χ4v) is 2.79. The Labute approximate surface area is 143 Å². The molecule has 122 valence electrons. The molecule has 0 spiro atoms. The van der Waals surface area contributed by atoms with E-state index < -0.39 is 5.54 Å². The summed E-state index contributed by atoms with van der Waals surface area (Å²) in [4.78, 5) is 0. The first kappa shape index (κ1) is 16.1. The van der Waals surface area contributed by atoms with Gasteiger partial charge in [0.1, 0.15) is 5.75 Å². The summed E-state index contributed by atoms with van der Waals surface area (Å²) in [5.74, 6) is 0.824. The summed E-state index contributed by atoms with van der Waals surface area (Å²) in [5.41, 5.74) is 9.40. The van der Waals surface area contributed by atoms with E-state index in [1.807, 2.05) is 72.8 Å². The molecule has 0 saturated carbocycles. The average molecular weight is 318 g/mol. The van der Waals surface area contributed by atoms with E-state index in [-0.39, 0.29) is 0 Å². The first-order valence-corrected chi connectivity index (χ1v) is 8.00. The van der Waals surface area contributed by atoms with E-state index in [2.05, 4.69) is 17.4 Å². The molecule has 3 heteroatoms. The molecule has 3 N–H and O–H groups in total. The summed E-state index contributed by atoms with van der Waals surface area (Å²) in [5, 5.41) is 3.45. The van der Waals surface area contributed by atoms with Gasteiger partial charge in [0.2, 0.25) is 0 Å². The number of hydrogen-bond donors (Lipinski definition) is 2. The van der Waals surface area contributed by atoms with Crippen molar-refractivity contribution in [1.82, 2.24) is 0 Å². The van der Waals surface area contributed by atoms with Gasteiger partial charge in [-0.05, 0) is 35.4 Å². The van der Waals surface area contributed by atoms with Crippen molar-refractivity contribution in [3.63, 3.8) is 0 Å². The molecule has 0 aromatic heterocycles. The Bertz CT molecular complexity index is 757. The summed E-state index contributed by atoms with van der Waals surface area (Å²) in [6, 6.07) is 28.2. The van der Waals surface area contributed by atoms with E-state index in [9.17, 15) is 0 Å². The molecule has 0 aliphatic heterocycles. The maximum Gasteiger partial charge on any atom is 0.118 e. The van der Waals surface area contributed by atoms with Crippen LogP contribution in [-0.4, -0.2) is 13.7 Å². The van der Waals surface area contributed by atoms with Crippen LogP contribution < -0.4 is 15.8 Å². The summed E-state index contributed by atoms with van der Waals surface area (Å²) < 4.78 is 5.26. The topological polar surface area (TPSA) is 47.3 Å². The normalized spacial score (nSPS) is 13.1. The highest BCUT2D eigenvalue weighted by molar-refractivity contribution is 5.47. The van der Waals surface area contributed by atoms with Gasteiger partial charge < -0.3 is 15.8 Å². The smallest absolute Gasteiger partial charge is 0.118 e. The first-order chi connectivity index (χ1) is 11.7. The molecule has 0 radical (unpaired) electrons. The maximum atomic E-state index is 6.88. The number of benzene rings is 3. The van der Waals surface area contributed by atoms with E-state index in [4.69, 9.17) is 10.5 Å². The first-order valence-electron chi connectivity index (χ1n) is 8.00. The van der Waals surface area contributed by atoms with Crippen LogP contribution in [0.4, 0.5) is 5.69 Å². The highest BCUT2D eigenvalue weighted by Crippen LogP contribution is 2.29. The fourth-order valence-electron chi connectivity index (χ4n) is 2.79. The summed E-state index contributed by atoms with van der Waals surface area (Å²) in [6.45, 7) is 0.591. The molecule has 1 atom stereocenters. The lowest BCUT2D eigenvalue weighted by Crippen LogP contribution is -2.44. The maximum absolute atomic E-state index is 6.88. The average Bonchev–Trinajstić information content (AvgIpc) is 2.68. The molecule has 3 aromatic carbocycles. The third kappa shape index (κ3) is 3.42. The predicted molar refractivity (Wildman–Crippen MR) is 99.3 cm³/mol. The van der Waals surface area contributed by atoms with E-state index in [1.54, 1.807) is 7.11 Å². The molecule has 0 aliphatic rings. The zero-order chi connectivity index (χ0) is 16.8. The van der Waals surface area contributed by atoms with Crippen LogP contribution >= 0.6 is 0 Å². The number of hydrogen-bond acceptors (Lipinski definition) is 3. The number of rotatable bonds is 6. The lowest BCUT2D eigenvalue weighted by Gasteiger charge is -2.31. The third-order valence-corrected chi connectivity index (χ3v) is 4.24. The molecule has 0 aliphatic carbocycles. The van der Waals surface area contributed by atoms with Crippen molar-refractivity contribution < 1.29 is 4.74 Å². The van der Waals surface area contributed by atoms with E-state index in [0.717, 1.165) is 22.6 Å². The minimum atomic E-state index is -0.636. The van der Waals surface area contributed by atoms with Crippen molar-refractivity contribution in [2.45, 2.75) is 5.54 Å². The Morgan fingerprint density at radius 2 is 1.33 bits per heavy atom. The number of methoxy groups -OCH3 is 1. The molecule has 24 heavy (non-hydrogen) atoms. The number of nitrogens with one attached hydrogen (secondary N) is 1. The van der Waals surface area contributed by atoms with Crippen molar-refractivity contribution in [1.29, 1.82) is 0 Å². The SMILES string of the molecule is COc1ccc(C(N)(CNc2ccccc2)c2ccccc2)cc1. The van der Waals surface area contributed by atoms with Crippen molar-refractivity contribution in [2.75, 3.05) is 19.0 Å². The van der Waals surface area contributed by atoms with Crippen LogP contribution in [0, 0.1) is 0 Å². The molecule has 0 fully saturated rings. The molecular formula is C21H22N2O. The van der Waals surface area contributed by atoms with E-state index >= 15 is 0 Å². The largest absolute Gasteiger partial charge is 0.497 e. The van der Waals surface area contributed by atoms with Gasteiger partial charge in [0.15, 0.2) is 0 Å². The molecule has 3 aromatic rings. The van der Waals surface area contributed by atoms with Gasteiger partial charge in [-0.15, -0.1) is 0 Å². The van der Waals surface area contributed by atoms with Crippen LogP contribution in [0.5, 0.6) is 5.75 Å². The Morgan fingerprint density at radius 3 is 1.92 bits per heavy atom. The van der Waals surface area contributed by atoms with Gasteiger partial charge in [0.05, 0.1) is 12.6 Å². The predicted octanol–water partition coefficient (Wildman–Crippen LogP) is 4.01. The van der Waals surface area contributed by atoms with E-state index in [1.165, 1.54) is 0 Å². The second-order valence-electron chi connectivity index (χ2n) is 5.79. The fraction of sp³-hybridized carbons (Fsp3) is 0.143. The molecule has 1 unspecified atom stereocenters. The van der Waals surface area contributed by atoms with Crippen molar-refractivity contribution >= 4 is 5.69 Å². The van der Waals surface area contributed by atoms with Gasteiger partial charge in [-0.25, -0.2) is 0 Å². The minimum Gasteiger partial charge on any atom is -0.497 e. The zero-order valence-corrected chi connectivity index (χ0v) is 13.8. The Kier molecular flexibility index (Phi) is 4.82. The highest BCUT2D eigenvalue weighted by Gasteiger charge is 2.29. The summed E-state index contributed by atoms with van der Waals surface area (Å²) >= 11 is 0. The molecular weight excluding hydrogens is 296 g/mol. The molecule has 3 rings (SSSR count). The number of para-hydroxylation sites is 1. The quantitative estimate of drug-likeness (QED) is 0.722. The highest BCUT2D eigenvalue weighted by atomic mass is 16.5. The lowest BCUT2D eigenvalue weighted by molar-refractivity contribution is 0.414. The van der Waals surface area contributed by atoms with Gasteiger partial charge in [-0.1, -0.05) is 60.7 Å². The van der Waals surface area contributed by atoms with Crippen LogP contribution in [0.1, 0.15) is 11.1 Å². The zero-order valence-electron chi connectivity index (χ0n) is 13.8. The Balaban J connectivity index is 1.94.